The van der Waals surface area contributed by atoms with Gasteiger partial charge in [0.2, 0.25) is 5.91 Å². The number of likely N-dealkylation sites (N-methyl/N-ethyl adjacent to an activating group) is 1. The van der Waals surface area contributed by atoms with Gasteiger partial charge in [-0.3, -0.25) is 10.2 Å². The van der Waals surface area contributed by atoms with E-state index in [4.69, 9.17) is 15.9 Å². The number of nitrogens with two attached hydrogens (primary N) is 1. The van der Waals surface area contributed by atoms with Gasteiger partial charge < -0.3 is 25.6 Å². The van der Waals surface area contributed by atoms with Crippen LogP contribution in [0, 0.1) is 5.41 Å². The predicted octanol–water partition coefficient (Wildman–Crippen LogP) is 4.50. The number of carbonyl (C=O) groups is 1. The largest absolute Gasteiger partial charge is 0.457 e. The van der Waals surface area contributed by atoms with E-state index in [1.54, 1.807) is 53.5 Å². The lowest BCUT2D eigenvalue weighted by molar-refractivity contribution is -0.125. The van der Waals surface area contributed by atoms with Crippen molar-refractivity contribution in [2.45, 2.75) is 12.5 Å². The van der Waals surface area contributed by atoms with Crippen molar-refractivity contribution in [2.75, 3.05) is 37.7 Å². The molecule has 1 atom stereocenters. The molecule has 4 N–H and O–H groups in total. The molecule has 1 aromatic heterocycles. The van der Waals surface area contributed by atoms with Gasteiger partial charge >= 0.3 is 0 Å². The number of hydrogen-bond acceptors (Lipinski definition) is 9. The highest BCUT2D eigenvalue weighted by Crippen LogP contribution is 2.26. The number of benzene rings is 2. The minimum absolute atomic E-state index is 0.0513. The standard InChI is InChI=1S/C31H34N8O2/c1-4-9-26(34-2)38(3)18-8-12-27(40)39-19-17-23(20-39)37-31-28(30(33)35-21-36-31)29(32)22-13-15-25(16-14-22)41-24-10-6-5-7-11-24/h4-16,21,23,32H,1-2,17-20H2,3H3,(H3,33,35,36,37)/b12-8+,26-9+,32-29?. The van der Waals surface area contributed by atoms with Crippen molar-refractivity contribution >= 4 is 30.0 Å². The molecule has 1 amide bonds. The molecule has 1 aliphatic heterocycles. The Labute approximate surface area is 240 Å². The minimum atomic E-state index is -0.0727. The van der Waals surface area contributed by atoms with Crippen molar-refractivity contribution in [1.29, 1.82) is 5.41 Å². The lowest BCUT2D eigenvalue weighted by Gasteiger charge is -2.19. The number of nitrogen functional groups attached to an aromatic ring is 1. The number of likely N-dealkylation sites (tertiary alicyclic amines) is 1. The van der Waals surface area contributed by atoms with Crippen molar-refractivity contribution < 1.29 is 9.53 Å². The number of ether oxygens (including phenoxy) is 1. The number of rotatable bonds is 12. The second kappa shape index (κ2) is 13.7. The molecule has 1 saturated heterocycles. The van der Waals surface area contributed by atoms with Crippen LogP contribution >= 0.6 is 0 Å². The lowest BCUT2D eigenvalue weighted by Crippen LogP contribution is -2.31. The van der Waals surface area contributed by atoms with Crippen molar-refractivity contribution in [3.05, 3.63) is 109 Å². The van der Waals surface area contributed by atoms with E-state index in [9.17, 15) is 4.79 Å². The van der Waals surface area contributed by atoms with Gasteiger partial charge in [0.05, 0.1) is 11.3 Å². The summed E-state index contributed by atoms with van der Waals surface area (Å²) in [5, 5.41) is 12.3. The van der Waals surface area contributed by atoms with Gasteiger partial charge in [-0.1, -0.05) is 36.9 Å². The highest BCUT2D eigenvalue weighted by Gasteiger charge is 2.27. The molecule has 0 radical (unpaired) electrons. The van der Waals surface area contributed by atoms with Crippen LogP contribution in [-0.4, -0.2) is 70.8 Å². The van der Waals surface area contributed by atoms with Gasteiger partial charge in [-0.05, 0) is 55.6 Å². The van der Waals surface area contributed by atoms with Crippen LogP contribution in [0.2, 0.25) is 0 Å². The van der Waals surface area contributed by atoms with Gasteiger partial charge in [0, 0.05) is 44.4 Å². The van der Waals surface area contributed by atoms with E-state index in [2.05, 4.69) is 33.6 Å². The fourth-order valence-electron chi connectivity index (χ4n) is 4.40. The van der Waals surface area contributed by atoms with E-state index < -0.39 is 0 Å². The smallest absolute Gasteiger partial charge is 0.246 e. The summed E-state index contributed by atoms with van der Waals surface area (Å²) in [5.41, 5.74) is 7.46. The summed E-state index contributed by atoms with van der Waals surface area (Å²) >= 11 is 0. The third kappa shape index (κ3) is 7.45. The Bertz CT molecular complexity index is 1450. The van der Waals surface area contributed by atoms with Crippen molar-refractivity contribution in [3.63, 3.8) is 0 Å². The first-order valence-corrected chi connectivity index (χ1v) is 13.1. The highest BCUT2D eigenvalue weighted by atomic mass is 16.5. The summed E-state index contributed by atoms with van der Waals surface area (Å²) in [6.45, 7) is 8.83. The number of anilines is 2. The molecule has 41 heavy (non-hydrogen) atoms. The normalized spacial score (nSPS) is 15.0. The molecule has 4 rings (SSSR count). The molecule has 1 fully saturated rings. The Hall–Kier alpha value is -5.25. The molecular formula is C31H34N8O2. The van der Waals surface area contributed by atoms with Gasteiger partial charge in [-0.15, -0.1) is 0 Å². The zero-order chi connectivity index (χ0) is 29.2. The summed E-state index contributed by atoms with van der Waals surface area (Å²) in [4.78, 5) is 28.9. The predicted molar refractivity (Wildman–Crippen MR) is 164 cm³/mol. The maximum atomic E-state index is 12.8. The average molecular weight is 551 g/mol. The summed E-state index contributed by atoms with van der Waals surface area (Å²) in [5.74, 6) is 2.65. The molecule has 3 aromatic rings. The molecule has 10 nitrogen and oxygen atoms in total. The number of para-hydroxylation sites is 1. The average Bonchev–Trinajstić information content (AvgIpc) is 3.45. The molecule has 0 aliphatic carbocycles. The summed E-state index contributed by atoms with van der Waals surface area (Å²) in [6.07, 6.45) is 8.86. The molecular weight excluding hydrogens is 516 g/mol. The fourth-order valence-corrected chi connectivity index (χ4v) is 4.40. The van der Waals surface area contributed by atoms with Crippen LogP contribution in [-0.2, 0) is 4.79 Å². The molecule has 1 unspecified atom stereocenters. The van der Waals surface area contributed by atoms with E-state index in [1.807, 2.05) is 42.3 Å². The van der Waals surface area contributed by atoms with E-state index in [1.165, 1.54) is 6.33 Å². The zero-order valence-electron chi connectivity index (χ0n) is 23.0. The van der Waals surface area contributed by atoms with Gasteiger partial charge in [-0.2, -0.15) is 0 Å². The van der Waals surface area contributed by atoms with E-state index in [0.29, 0.717) is 48.1 Å². The number of carbonyl (C=O) groups excluding carboxylic acids is 1. The Morgan fingerprint density at radius 1 is 1.22 bits per heavy atom. The second-order valence-electron chi connectivity index (χ2n) is 9.41. The van der Waals surface area contributed by atoms with Crippen LogP contribution in [0.5, 0.6) is 11.5 Å². The van der Waals surface area contributed by atoms with Crippen LogP contribution in [0.15, 0.2) is 103 Å². The highest BCUT2D eigenvalue weighted by molar-refractivity contribution is 6.16. The topological polar surface area (TPSA) is 133 Å². The number of allylic oxidation sites excluding steroid dienone is 2. The summed E-state index contributed by atoms with van der Waals surface area (Å²) in [7, 11) is 1.87. The molecule has 0 bridgehead atoms. The lowest BCUT2D eigenvalue weighted by atomic mass is 10.0. The van der Waals surface area contributed by atoms with Crippen molar-refractivity contribution in [3.8, 4) is 11.5 Å². The van der Waals surface area contributed by atoms with Crippen LogP contribution in [0.3, 0.4) is 0 Å². The number of nitrogens with one attached hydrogen (secondary N) is 2. The van der Waals surface area contributed by atoms with Gasteiger partial charge in [-0.25, -0.2) is 15.0 Å². The maximum Gasteiger partial charge on any atom is 0.246 e. The van der Waals surface area contributed by atoms with Crippen LogP contribution in [0.4, 0.5) is 11.6 Å². The van der Waals surface area contributed by atoms with Gasteiger partial charge in [0.1, 0.15) is 35.3 Å². The molecule has 2 heterocycles. The summed E-state index contributed by atoms with van der Waals surface area (Å²) < 4.78 is 5.86. The molecule has 0 saturated carbocycles. The Kier molecular flexibility index (Phi) is 9.61. The molecule has 2 aromatic carbocycles. The first-order chi connectivity index (χ1) is 19.9. The quantitative estimate of drug-likeness (QED) is 0.172. The van der Waals surface area contributed by atoms with Crippen molar-refractivity contribution in [2.24, 2.45) is 4.99 Å². The van der Waals surface area contributed by atoms with E-state index in [0.717, 1.165) is 12.2 Å². The fraction of sp³-hybridized carbons (Fsp3) is 0.194. The van der Waals surface area contributed by atoms with E-state index in [-0.39, 0.29) is 23.5 Å². The van der Waals surface area contributed by atoms with Crippen LogP contribution < -0.4 is 15.8 Å². The third-order valence-corrected chi connectivity index (χ3v) is 6.55. The van der Waals surface area contributed by atoms with Gasteiger partial charge in [0.25, 0.3) is 0 Å². The number of nitrogens with zero attached hydrogens (tertiary/aromatic N) is 5. The first kappa shape index (κ1) is 28.8. The third-order valence-electron chi connectivity index (χ3n) is 6.55. The monoisotopic (exact) mass is 550 g/mol. The number of hydrogen-bond donors (Lipinski definition) is 3. The molecule has 1 aliphatic rings. The Balaban J connectivity index is 1.38. The minimum Gasteiger partial charge on any atom is -0.457 e. The first-order valence-electron chi connectivity index (χ1n) is 13.1. The molecule has 0 spiro atoms. The van der Waals surface area contributed by atoms with Crippen LogP contribution in [0.1, 0.15) is 17.5 Å². The maximum absolute atomic E-state index is 12.8. The molecule has 10 heteroatoms. The Morgan fingerprint density at radius 2 is 1.95 bits per heavy atom. The Morgan fingerprint density at radius 3 is 2.66 bits per heavy atom. The number of amides is 1. The van der Waals surface area contributed by atoms with Crippen molar-refractivity contribution in [1.82, 2.24) is 19.8 Å². The number of aliphatic imine (C=N–C) groups is 1. The summed E-state index contributed by atoms with van der Waals surface area (Å²) in [6, 6.07) is 16.7. The van der Waals surface area contributed by atoms with Gasteiger partial charge in [0.15, 0.2) is 0 Å². The zero-order valence-corrected chi connectivity index (χ0v) is 23.0. The SMILES string of the molecule is C=C/C=C(\N=C)N(C)C/C=C/C(=O)N1CCC(Nc2ncnc(N)c2C(=N)c2ccc(Oc3ccccc3)cc2)C1. The van der Waals surface area contributed by atoms with E-state index >= 15 is 0 Å². The second-order valence-corrected chi connectivity index (χ2v) is 9.41. The number of aromatic nitrogens is 2. The van der Waals surface area contributed by atoms with Crippen LogP contribution in [0.25, 0.3) is 0 Å². The molecule has 210 valence electrons.